The maximum atomic E-state index is 13.1. The predicted molar refractivity (Wildman–Crippen MR) is 79.4 cm³/mol. The molecule has 0 radical (unpaired) electrons. The quantitative estimate of drug-likeness (QED) is 0.909. The summed E-state index contributed by atoms with van der Waals surface area (Å²) in [7, 11) is 0. The Labute approximate surface area is 127 Å². The molecule has 0 heterocycles. The molecule has 0 fully saturated rings. The number of benzene rings is 2. The second kappa shape index (κ2) is 6.70. The SMILES string of the molecule is CC(NC(=O)C(O)c1ccccc1)c1ccc(F)c(Cl)c1. The molecule has 3 nitrogen and oxygen atoms in total. The van der Waals surface area contributed by atoms with E-state index in [1.807, 2.05) is 0 Å². The first-order valence-corrected chi connectivity index (χ1v) is 6.85. The second-order valence-corrected chi connectivity index (χ2v) is 5.12. The van der Waals surface area contributed by atoms with Gasteiger partial charge in [-0.1, -0.05) is 48.0 Å². The van der Waals surface area contributed by atoms with Crippen LogP contribution < -0.4 is 5.32 Å². The van der Waals surface area contributed by atoms with Crippen LogP contribution in [0.15, 0.2) is 48.5 Å². The lowest BCUT2D eigenvalue weighted by Gasteiger charge is -2.18. The summed E-state index contributed by atoms with van der Waals surface area (Å²) < 4.78 is 13.1. The van der Waals surface area contributed by atoms with Crippen LogP contribution in [0.25, 0.3) is 0 Å². The van der Waals surface area contributed by atoms with Crippen molar-refractivity contribution in [1.82, 2.24) is 5.32 Å². The molecule has 2 unspecified atom stereocenters. The number of carbonyl (C=O) groups is 1. The molecule has 0 spiro atoms. The van der Waals surface area contributed by atoms with E-state index in [0.29, 0.717) is 11.1 Å². The summed E-state index contributed by atoms with van der Waals surface area (Å²) in [4.78, 5) is 12.0. The number of rotatable bonds is 4. The summed E-state index contributed by atoms with van der Waals surface area (Å²) in [6, 6.07) is 12.5. The molecule has 0 bridgehead atoms. The highest BCUT2D eigenvalue weighted by Gasteiger charge is 2.19. The minimum atomic E-state index is -1.25. The van der Waals surface area contributed by atoms with Crippen LogP contribution in [0.5, 0.6) is 0 Å². The van der Waals surface area contributed by atoms with E-state index in [0.717, 1.165) is 0 Å². The Kier molecular flexibility index (Phi) is 4.94. The van der Waals surface area contributed by atoms with Crippen LogP contribution in [0.1, 0.15) is 30.2 Å². The Morgan fingerprint density at radius 2 is 1.86 bits per heavy atom. The number of hydrogen-bond acceptors (Lipinski definition) is 2. The fraction of sp³-hybridized carbons (Fsp3) is 0.188. The summed E-state index contributed by atoms with van der Waals surface area (Å²) >= 11 is 5.72. The molecule has 0 saturated heterocycles. The highest BCUT2D eigenvalue weighted by atomic mass is 35.5. The molecule has 2 aromatic rings. The summed E-state index contributed by atoms with van der Waals surface area (Å²) in [5.74, 6) is -1.03. The Bertz CT molecular complexity index is 633. The molecule has 110 valence electrons. The van der Waals surface area contributed by atoms with Gasteiger partial charge in [0.05, 0.1) is 11.1 Å². The van der Waals surface area contributed by atoms with Crippen molar-refractivity contribution in [3.05, 3.63) is 70.5 Å². The van der Waals surface area contributed by atoms with Gasteiger partial charge in [0.25, 0.3) is 5.91 Å². The van der Waals surface area contributed by atoms with Crippen molar-refractivity contribution in [2.75, 3.05) is 0 Å². The molecule has 5 heteroatoms. The topological polar surface area (TPSA) is 49.3 Å². The van der Waals surface area contributed by atoms with Gasteiger partial charge in [-0.2, -0.15) is 0 Å². The molecule has 21 heavy (non-hydrogen) atoms. The van der Waals surface area contributed by atoms with Crippen LogP contribution in [-0.2, 0) is 4.79 Å². The molecule has 1 amide bonds. The third-order valence-electron chi connectivity index (χ3n) is 3.17. The lowest BCUT2D eigenvalue weighted by Crippen LogP contribution is -2.31. The summed E-state index contributed by atoms with van der Waals surface area (Å²) in [6.45, 7) is 1.74. The number of aliphatic hydroxyl groups is 1. The molecule has 0 aliphatic carbocycles. The normalized spacial score (nSPS) is 13.5. The van der Waals surface area contributed by atoms with Crippen LogP contribution in [0.3, 0.4) is 0 Å². The number of amides is 1. The summed E-state index contributed by atoms with van der Waals surface area (Å²) in [5, 5.41) is 12.7. The largest absolute Gasteiger partial charge is 0.378 e. The predicted octanol–water partition coefficient (Wildman–Crippen LogP) is 3.39. The highest BCUT2D eigenvalue weighted by Crippen LogP contribution is 2.21. The first kappa shape index (κ1) is 15.5. The van der Waals surface area contributed by atoms with E-state index in [1.54, 1.807) is 43.3 Å². The van der Waals surface area contributed by atoms with Crippen LogP contribution in [0.2, 0.25) is 5.02 Å². The van der Waals surface area contributed by atoms with Gasteiger partial charge < -0.3 is 10.4 Å². The van der Waals surface area contributed by atoms with Crippen LogP contribution in [0, 0.1) is 5.82 Å². The smallest absolute Gasteiger partial charge is 0.253 e. The molecule has 0 aliphatic rings. The van der Waals surface area contributed by atoms with Crippen molar-refractivity contribution in [2.45, 2.75) is 19.1 Å². The molecular weight excluding hydrogens is 293 g/mol. The van der Waals surface area contributed by atoms with E-state index in [1.165, 1.54) is 12.1 Å². The maximum absolute atomic E-state index is 13.1. The average molecular weight is 308 g/mol. The van der Waals surface area contributed by atoms with Gasteiger partial charge in [0.1, 0.15) is 5.82 Å². The number of hydrogen-bond donors (Lipinski definition) is 2. The van der Waals surface area contributed by atoms with Gasteiger partial charge in [0, 0.05) is 0 Å². The average Bonchev–Trinajstić information content (AvgIpc) is 2.50. The van der Waals surface area contributed by atoms with Gasteiger partial charge in [-0.05, 0) is 30.2 Å². The van der Waals surface area contributed by atoms with Crippen LogP contribution in [-0.4, -0.2) is 11.0 Å². The van der Waals surface area contributed by atoms with Crippen molar-refractivity contribution in [3.63, 3.8) is 0 Å². The van der Waals surface area contributed by atoms with E-state index in [2.05, 4.69) is 5.32 Å². The van der Waals surface area contributed by atoms with Gasteiger partial charge >= 0.3 is 0 Å². The minimum Gasteiger partial charge on any atom is -0.378 e. The standard InChI is InChI=1S/C16H15ClFNO2/c1-10(12-7-8-14(18)13(17)9-12)19-16(21)15(20)11-5-3-2-4-6-11/h2-10,15,20H,1H3,(H,19,21). The second-order valence-electron chi connectivity index (χ2n) is 4.72. The van der Waals surface area contributed by atoms with E-state index >= 15 is 0 Å². The van der Waals surface area contributed by atoms with Gasteiger partial charge in [0.15, 0.2) is 6.10 Å². The van der Waals surface area contributed by atoms with E-state index in [4.69, 9.17) is 11.6 Å². The van der Waals surface area contributed by atoms with E-state index < -0.39 is 23.9 Å². The van der Waals surface area contributed by atoms with E-state index in [9.17, 15) is 14.3 Å². The zero-order chi connectivity index (χ0) is 15.4. The zero-order valence-corrected chi connectivity index (χ0v) is 12.1. The molecule has 0 aliphatic heterocycles. The Balaban J connectivity index is 2.06. The summed E-state index contributed by atoms with van der Waals surface area (Å²) in [6.07, 6.45) is -1.25. The molecular formula is C16H15ClFNO2. The molecule has 2 N–H and O–H groups in total. The maximum Gasteiger partial charge on any atom is 0.253 e. The molecule has 2 rings (SSSR count). The van der Waals surface area contributed by atoms with Crippen molar-refractivity contribution in [1.29, 1.82) is 0 Å². The first-order chi connectivity index (χ1) is 9.99. The van der Waals surface area contributed by atoms with Gasteiger partial charge in [-0.25, -0.2) is 4.39 Å². The summed E-state index contributed by atoms with van der Waals surface area (Å²) in [5.41, 5.74) is 1.18. The Morgan fingerprint density at radius 1 is 1.19 bits per heavy atom. The van der Waals surface area contributed by atoms with Gasteiger partial charge in [0.2, 0.25) is 0 Å². The number of nitrogens with one attached hydrogen (secondary N) is 1. The van der Waals surface area contributed by atoms with Gasteiger partial charge in [-0.15, -0.1) is 0 Å². The minimum absolute atomic E-state index is 0.00259. The third kappa shape index (κ3) is 3.80. The molecule has 0 aromatic heterocycles. The lowest BCUT2D eigenvalue weighted by molar-refractivity contribution is -0.130. The van der Waals surface area contributed by atoms with Crippen molar-refractivity contribution < 1.29 is 14.3 Å². The molecule has 0 saturated carbocycles. The van der Waals surface area contributed by atoms with Crippen LogP contribution >= 0.6 is 11.6 Å². The number of carbonyl (C=O) groups excluding carboxylic acids is 1. The Hall–Kier alpha value is -1.91. The first-order valence-electron chi connectivity index (χ1n) is 6.47. The van der Waals surface area contributed by atoms with Crippen molar-refractivity contribution in [2.24, 2.45) is 0 Å². The lowest BCUT2D eigenvalue weighted by atomic mass is 10.1. The number of halogens is 2. The van der Waals surface area contributed by atoms with E-state index in [-0.39, 0.29) is 5.02 Å². The van der Waals surface area contributed by atoms with Crippen LogP contribution in [0.4, 0.5) is 4.39 Å². The fourth-order valence-electron chi connectivity index (χ4n) is 1.94. The number of aliphatic hydroxyl groups excluding tert-OH is 1. The Morgan fingerprint density at radius 3 is 2.48 bits per heavy atom. The fourth-order valence-corrected chi connectivity index (χ4v) is 2.13. The molecule has 2 atom stereocenters. The van der Waals surface area contributed by atoms with Crippen molar-refractivity contribution in [3.8, 4) is 0 Å². The zero-order valence-electron chi connectivity index (χ0n) is 11.4. The monoisotopic (exact) mass is 307 g/mol. The van der Waals surface area contributed by atoms with Crippen molar-refractivity contribution >= 4 is 17.5 Å². The highest BCUT2D eigenvalue weighted by molar-refractivity contribution is 6.30. The molecule has 2 aromatic carbocycles. The van der Waals surface area contributed by atoms with Gasteiger partial charge in [-0.3, -0.25) is 4.79 Å². The third-order valence-corrected chi connectivity index (χ3v) is 3.46.